The van der Waals surface area contributed by atoms with E-state index in [2.05, 4.69) is 11.6 Å². The van der Waals surface area contributed by atoms with E-state index < -0.39 is 10.0 Å². The van der Waals surface area contributed by atoms with E-state index in [1.54, 1.807) is 19.2 Å². The van der Waals surface area contributed by atoms with Crippen LogP contribution in [0, 0.1) is 0 Å². The van der Waals surface area contributed by atoms with Crippen LogP contribution in [0.15, 0.2) is 53.4 Å². The highest BCUT2D eigenvalue weighted by Crippen LogP contribution is 2.13. The Hall–Kier alpha value is -1.69. The second-order valence-corrected chi connectivity index (χ2v) is 7.24. The highest BCUT2D eigenvalue weighted by atomic mass is 32.2. The van der Waals surface area contributed by atoms with Crippen molar-refractivity contribution in [1.82, 2.24) is 4.72 Å². The monoisotopic (exact) mass is 333 g/mol. The molecule has 0 heterocycles. The van der Waals surface area contributed by atoms with Crippen molar-refractivity contribution in [3.8, 4) is 0 Å². The van der Waals surface area contributed by atoms with Crippen LogP contribution >= 0.6 is 0 Å². The van der Waals surface area contributed by atoms with Gasteiger partial charge in [0.05, 0.1) is 11.5 Å². The number of ether oxygens (including phenoxy) is 1. The first-order valence-electron chi connectivity index (χ1n) is 7.70. The zero-order chi connectivity index (χ0) is 16.7. The molecule has 0 amide bonds. The van der Waals surface area contributed by atoms with Gasteiger partial charge in [-0.1, -0.05) is 49.7 Å². The molecular weight excluding hydrogens is 310 g/mol. The average Bonchev–Trinajstić information content (AvgIpc) is 2.55. The lowest BCUT2D eigenvalue weighted by atomic mass is 10.1. The maximum atomic E-state index is 12.3. The highest BCUT2D eigenvalue weighted by molar-refractivity contribution is 7.89. The zero-order valence-electron chi connectivity index (χ0n) is 13.6. The van der Waals surface area contributed by atoms with Crippen molar-refractivity contribution in [2.45, 2.75) is 37.8 Å². The fourth-order valence-corrected chi connectivity index (χ4v) is 3.40. The Kier molecular flexibility index (Phi) is 6.33. The average molecular weight is 333 g/mol. The Morgan fingerprint density at radius 3 is 2.35 bits per heavy atom. The van der Waals surface area contributed by atoms with Crippen LogP contribution in [0.4, 0.5) is 0 Å². The van der Waals surface area contributed by atoms with E-state index in [1.807, 2.05) is 36.4 Å². The Morgan fingerprint density at radius 1 is 1.00 bits per heavy atom. The van der Waals surface area contributed by atoms with Crippen LogP contribution in [-0.2, 0) is 34.3 Å². The third-order valence-corrected chi connectivity index (χ3v) is 4.96. The molecule has 0 aliphatic heterocycles. The van der Waals surface area contributed by atoms with Crippen LogP contribution in [0.1, 0.15) is 30.0 Å². The molecule has 2 rings (SSSR count). The van der Waals surface area contributed by atoms with Gasteiger partial charge in [-0.15, -0.1) is 0 Å². The van der Waals surface area contributed by atoms with Crippen molar-refractivity contribution in [3.05, 3.63) is 65.2 Å². The third kappa shape index (κ3) is 5.16. The summed E-state index contributed by atoms with van der Waals surface area (Å²) in [4.78, 5) is 0.297. The number of aryl methyl sites for hydroxylation is 1. The van der Waals surface area contributed by atoms with Gasteiger partial charge in [0.2, 0.25) is 10.0 Å². The molecule has 1 N–H and O–H groups in total. The summed E-state index contributed by atoms with van der Waals surface area (Å²) >= 11 is 0. The van der Waals surface area contributed by atoms with E-state index in [0.29, 0.717) is 11.5 Å². The van der Waals surface area contributed by atoms with Gasteiger partial charge in [-0.05, 0) is 35.2 Å². The summed E-state index contributed by atoms with van der Waals surface area (Å²) in [6, 6.07) is 14.8. The van der Waals surface area contributed by atoms with Crippen molar-refractivity contribution >= 4 is 10.0 Å². The zero-order valence-corrected chi connectivity index (χ0v) is 14.4. The van der Waals surface area contributed by atoms with Gasteiger partial charge in [0.15, 0.2) is 0 Å². The summed E-state index contributed by atoms with van der Waals surface area (Å²) in [6.45, 7) is 2.87. The molecule has 0 saturated carbocycles. The van der Waals surface area contributed by atoms with Gasteiger partial charge in [0.25, 0.3) is 0 Å². The largest absolute Gasteiger partial charge is 0.380 e. The maximum Gasteiger partial charge on any atom is 0.240 e. The lowest BCUT2D eigenvalue weighted by Crippen LogP contribution is -2.23. The van der Waals surface area contributed by atoms with Gasteiger partial charge >= 0.3 is 0 Å². The molecule has 0 aliphatic rings. The van der Waals surface area contributed by atoms with E-state index in [0.717, 1.165) is 29.5 Å². The van der Waals surface area contributed by atoms with Crippen LogP contribution in [0.25, 0.3) is 0 Å². The Morgan fingerprint density at radius 2 is 1.70 bits per heavy atom. The van der Waals surface area contributed by atoms with E-state index >= 15 is 0 Å². The molecular formula is C18H23NO3S. The van der Waals surface area contributed by atoms with Crippen molar-refractivity contribution in [2.24, 2.45) is 0 Å². The van der Waals surface area contributed by atoms with E-state index in [9.17, 15) is 8.42 Å². The minimum Gasteiger partial charge on any atom is -0.380 e. The van der Waals surface area contributed by atoms with Crippen molar-refractivity contribution in [3.63, 3.8) is 0 Å². The first-order chi connectivity index (χ1) is 11.0. The van der Waals surface area contributed by atoms with Crippen LogP contribution in [0.5, 0.6) is 0 Å². The van der Waals surface area contributed by atoms with Crippen molar-refractivity contribution in [1.29, 1.82) is 0 Å². The number of nitrogens with one attached hydrogen (secondary N) is 1. The summed E-state index contributed by atoms with van der Waals surface area (Å²) in [6.07, 6.45) is 2.00. The first-order valence-corrected chi connectivity index (χ1v) is 9.19. The molecule has 0 atom stereocenters. The highest BCUT2D eigenvalue weighted by Gasteiger charge is 2.13. The molecule has 2 aromatic rings. The number of rotatable bonds is 8. The molecule has 2 aromatic carbocycles. The minimum atomic E-state index is -3.50. The summed E-state index contributed by atoms with van der Waals surface area (Å²) in [5.41, 5.74) is 3.08. The molecule has 0 fully saturated rings. The van der Waals surface area contributed by atoms with Gasteiger partial charge in [0, 0.05) is 13.7 Å². The number of sulfonamides is 1. The fourth-order valence-electron chi connectivity index (χ4n) is 2.38. The van der Waals surface area contributed by atoms with Crippen molar-refractivity contribution in [2.75, 3.05) is 7.11 Å². The van der Waals surface area contributed by atoms with Gasteiger partial charge in [-0.25, -0.2) is 13.1 Å². The standard InChI is InChI=1S/C18H23NO3S/c1-3-5-15-8-10-18(11-9-15)23(20,21)19-13-16-6-4-7-17(12-16)14-22-2/h4,6-12,19H,3,5,13-14H2,1-2H3. The maximum absolute atomic E-state index is 12.3. The molecule has 0 unspecified atom stereocenters. The predicted octanol–water partition coefficient (Wildman–Crippen LogP) is 3.26. The number of benzene rings is 2. The Labute approximate surface area is 138 Å². The summed E-state index contributed by atoms with van der Waals surface area (Å²) in [5.74, 6) is 0. The summed E-state index contributed by atoms with van der Waals surface area (Å²) < 4.78 is 32.4. The summed E-state index contributed by atoms with van der Waals surface area (Å²) in [5, 5.41) is 0. The molecule has 4 nitrogen and oxygen atoms in total. The Bertz CT molecular complexity index is 724. The lowest BCUT2D eigenvalue weighted by Gasteiger charge is -2.09. The molecule has 124 valence electrons. The topological polar surface area (TPSA) is 55.4 Å². The number of methoxy groups -OCH3 is 1. The molecule has 0 saturated heterocycles. The normalized spacial score (nSPS) is 11.6. The van der Waals surface area contributed by atoms with Gasteiger partial charge in [0.1, 0.15) is 0 Å². The van der Waals surface area contributed by atoms with Crippen LogP contribution in [0.3, 0.4) is 0 Å². The van der Waals surface area contributed by atoms with Crippen LogP contribution in [0.2, 0.25) is 0 Å². The first kappa shape index (κ1) is 17.7. The second kappa shape index (κ2) is 8.24. The van der Waals surface area contributed by atoms with Crippen molar-refractivity contribution < 1.29 is 13.2 Å². The lowest BCUT2D eigenvalue weighted by molar-refractivity contribution is 0.185. The minimum absolute atomic E-state index is 0.261. The fraction of sp³-hybridized carbons (Fsp3) is 0.333. The number of hydrogen-bond donors (Lipinski definition) is 1. The van der Waals surface area contributed by atoms with Gasteiger partial charge in [-0.3, -0.25) is 0 Å². The third-order valence-electron chi connectivity index (χ3n) is 3.54. The van der Waals surface area contributed by atoms with E-state index in [-0.39, 0.29) is 6.54 Å². The van der Waals surface area contributed by atoms with Crippen LogP contribution < -0.4 is 4.72 Å². The predicted molar refractivity (Wildman–Crippen MR) is 91.6 cm³/mol. The second-order valence-electron chi connectivity index (χ2n) is 5.47. The molecule has 0 aliphatic carbocycles. The smallest absolute Gasteiger partial charge is 0.240 e. The SMILES string of the molecule is CCCc1ccc(S(=O)(=O)NCc2cccc(COC)c2)cc1. The number of hydrogen-bond acceptors (Lipinski definition) is 3. The van der Waals surface area contributed by atoms with Gasteiger partial charge in [-0.2, -0.15) is 0 Å². The molecule has 0 spiro atoms. The van der Waals surface area contributed by atoms with Crippen LogP contribution in [-0.4, -0.2) is 15.5 Å². The molecule has 0 radical (unpaired) electrons. The molecule has 0 aromatic heterocycles. The van der Waals surface area contributed by atoms with E-state index in [1.165, 1.54) is 0 Å². The molecule has 5 heteroatoms. The van der Waals surface area contributed by atoms with E-state index in [4.69, 9.17) is 4.74 Å². The Balaban J connectivity index is 2.04. The molecule has 0 bridgehead atoms. The summed E-state index contributed by atoms with van der Waals surface area (Å²) in [7, 11) is -1.86. The van der Waals surface area contributed by atoms with Gasteiger partial charge < -0.3 is 4.74 Å². The molecule has 23 heavy (non-hydrogen) atoms. The quantitative estimate of drug-likeness (QED) is 0.807.